The van der Waals surface area contributed by atoms with Gasteiger partial charge in [0.05, 0.1) is 6.33 Å². The average molecular weight is 381 g/mol. The summed E-state index contributed by atoms with van der Waals surface area (Å²) in [6.45, 7) is 6.02. The number of alkyl halides is 3. The number of hydrogen-bond donors (Lipinski definition) is 0. The lowest BCUT2D eigenvalue weighted by atomic mass is 9.96. The minimum atomic E-state index is -4.60. The molecule has 0 radical (unpaired) electrons. The normalized spacial score (nSPS) is 16.1. The predicted molar refractivity (Wildman–Crippen MR) is 94.6 cm³/mol. The summed E-state index contributed by atoms with van der Waals surface area (Å²) in [4.78, 5) is 26.4. The van der Waals surface area contributed by atoms with Crippen molar-refractivity contribution in [3.8, 4) is 0 Å². The lowest BCUT2D eigenvalue weighted by molar-refractivity contribution is -0.141. The Morgan fingerprint density at radius 1 is 1.22 bits per heavy atom. The van der Waals surface area contributed by atoms with Crippen molar-refractivity contribution in [2.45, 2.75) is 45.3 Å². The van der Waals surface area contributed by atoms with E-state index in [1.54, 1.807) is 6.20 Å². The third-order valence-electron chi connectivity index (χ3n) is 4.74. The van der Waals surface area contributed by atoms with Crippen LogP contribution in [-0.2, 0) is 12.7 Å². The maximum absolute atomic E-state index is 12.6. The number of aromatic nitrogens is 4. The fourth-order valence-corrected chi connectivity index (χ4v) is 3.16. The molecule has 0 saturated carbocycles. The standard InChI is InChI=1S/C18H22F3N5O/c1-12(2)17-22-6-3-15(24-17)25-7-4-13(5-8-25)10-26-11-23-14(9-16(26)27)18(19,20)21/h3,6,9,11-13H,4-5,7-8,10H2,1-2H3. The minimum absolute atomic E-state index is 0.212. The highest BCUT2D eigenvalue weighted by molar-refractivity contribution is 5.38. The van der Waals surface area contributed by atoms with Crippen molar-refractivity contribution in [2.24, 2.45) is 5.92 Å². The first-order valence-corrected chi connectivity index (χ1v) is 8.95. The molecule has 2 aromatic rings. The molecule has 3 heterocycles. The van der Waals surface area contributed by atoms with E-state index in [0.29, 0.717) is 12.6 Å². The number of anilines is 1. The summed E-state index contributed by atoms with van der Waals surface area (Å²) in [5, 5.41) is 0. The molecule has 0 unspecified atom stereocenters. The van der Waals surface area contributed by atoms with Crippen LogP contribution in [0.15, 0.2) is 29.5 Å². The van der Waals surface area contributed by atoms with E-state index in [1.165, 1.54) is 4.57 Å². The Labute approximate surface area is 155 Å². The van der Waals surface area contributed by atoms with Gasteiger partial charge in [-0.25, -0.2) is 15.0 Å². The molecule has 146 valence electrons. The van der Waals surface area contributed by atoms with Crippen LogP contribution in [-0.4, -0.2) is 32.6 Å². The second-order valence-electron chi connectivity index (χ2n) is 7.12. The molecule has 0 spiro atoms. The molecule has 0 atom stereocenters. The Hall–Kier alpha value is -2.45. The van der Waals surface area contributed by atoms with Crippen LogP contribution in [0, 0.1) is 5.92 Å². The monoisotopic (exact) mass is 381 g/mol. The number of piperidine rings is 1. The first-order chi connectivity index (χ1) is 12.7. The van der Waals surface area contributed by atoms with Crippen molar-refractivity contribution in [3.63, 3.8) is 0 Å². The quantitative estimate of drug-likeness (QED) is 0.814. The Morgan fingerprint density at radius 2 is 1.93 bits per heavy atom. The Kier molecular flexibility index (Phi) is 5.48. The van der Waals surface area contributed by atoms with Crippen LogP contribution in [0.4, 0.5) is 19.0 Å². The lowest BCUT2D eigenvalue weighted by Crippen LogP contribution is -2.37. The Morgan fingerprint density at radius 3 is 2.52 bits per heavy atom. The number of hydrogen-bond acceptors (Lipinski definition) is 5. The minimum Gasteiger partial charge on any atom is -0.356 e. The topological polar surface area (TPSA) is 63.9 Å². The largest absolute Gasteiger partial charge is 0.433 e. The van der Waals surface area contributed by atoms with Crippen LogP contribution < -0.4 is 10.5 Å². The van der Waals surface area contributed by atoms with Gasteiger partial charge in [0.1, 0.15) is 11.6 Å². The summed E-state index contributed by atoms with van der Waals surface area (Å²) in [5.74, 6) is 2.16. The highest BCUT2D eigenvalue weighted by Gasteiger charge is 2.33. The SMILES string of the molecule is CC(C)c1nccc(N2CCC(Cn3cnc(C(F)(F)F)cc3=O)CC2)n1. The molecule has 1 aliphatic rings. The molecule has 9 heteroatoms. The van der Waals surface area contributed by atoms with E-state index >= 15 is 0 Å². The van der Waals surface area contributed by atoms with E-state index < -0.39 is 17.4 Å². The molecule has 0 N–H and O–H groups in total. The number of nitrogens with zero attached hydrogens (tertiary/aromatic N) is 5. The number of halogens is 3. The van der Waals surface area contributed by atoms with E-state index in [0.717, 1.165) is 43.9 Å². The van der Waals surface area contributed by atoms with Crippen molar-refractivity contribution in [1.29, 1.82) is 0 Å². The van der Waals surface area contributed by atoms with Gasteiger partial charge >= 0.3 is 6.18 Å². The van der Waals surface area contributed by atoms with Gasteiger partial charge in [-0.3, -0.25) is 9.36 Å². The molecule has 1 aliphatic heterocycles. The van der Waals surface area contributed by atoms with E-state index in [9.17, 15) is 18.0 Å². The molecule has 0 aromatic carbocycles. The molecule has 2 aromatic heterocycles. The van der Waals surface area contributed by atoms with E-state index in [-0.39, 0.29) is 11.8 Å². The molecule has 3 rings (SSSR count). The van der Waals surface area contributed by atoms with Crippen molar-refractivity contribution >= 4 is 5.82 Å². The molecule has 1 fully saturated rings. The van der Waals surface area contributed by atoms with Crippen LogP contribution in [0.5, 0.6) is 0 Å². The first-order valence-electron chi connectivity index (χ1n) is 8.95. The van der Waals surface area contributed by atoms with Gasteiger partial charge in [-0.15, -0.1) is 0 Å². The maximum Gasteiger partial charge on any atom is 0.433 e. The summed E-state index contributed by atoms with van der Waals surface area (Å²) < 4.78 is 39.1. The maximum atomic E-state index is 12.6. The van der Waals surface area contributed by atoms with Gasteiger partial charge in [-0.1, -0.05) is 13.8 Å². The molecular weight excluding hydrogens is 359 g/mol. The molecule has 0 amide bonds. The van der Waals surface area contributed by atoms with Crippen LogP contribution in [0.2, 0.25) is 0 Å². The molecule has 1 saturated heterocycles. The van der Waals surface area contributed by atoms with Crippen molar-refractivity contribution in [1.82, 2.24) is 19.5 Å². The summed E-state index contributed by atoms with van der Waals surface area (Å²) in [7, 11) is 0. The lowest BCUT2D eigenvalue weighted by Gasteiger charge is -2.33. The first kappa shape index (κ1) is 19.3. The van der Waals surface area contributed by atoms with Crippen LogP contribution in [0.1, 0.15) is 44.1 Å². The third-order valence-corrected chi connectivity index (χ3v) is 4.74. The van der Waals surface area contributed by atoms with Crippen molar-refractivity contribution in [3.05, 3.63) is 46.5 Å². The molecule has 6 nitrogen and oxygen atoms in total. The molecule has 0 aliphatic carbocycles. The fourth-order valence-electron chi connectivity index (χ4n) is 3.16. The van der Waals surface area contributed by atoms with Crippen LogP contribution >= 0.6 is 0 Å². The smallest absolute Gasteiger partial charge is 0.356 e. The molecule has 27 heavy (non-hydrogen) atoms. The van der Waals surface area contributed by atoms with Crippen LogP contribution in [0.25, 0.3) is 0 Å². The van der Waals surface area contributed by atoms with Crippen molar-refractivity contribution in [2.75, 3.05) is 18.0 Å². The zero-order valence-electron chi connectivity index (χ0n) is 15.3. The highest BCUT2D eigenvalue weighted by Crippen LogP contribution is 2.26. The molecule has 0 bridgehead atoms. The van der Waals surface area contributed by atoms with E-state index in [4.69, 9.17) is 0 Å². The summed E-state index contributed by atoms with van der Waals surface area (Å²) in [5.41, 5.74) is -1.82. The summed E-state index contributed by atoms with van der Waals surface area (Å²) >= 11 is 0. The van der Waals surface area contributed by atoms with E-state index in [1.807, 2.05) is 19.9 Å². The molecular formula is C18H22F3N5O. The third kappa shape index (κ3) is 4.64. The average Bonchev–Trinajstić information content (AvgIpc) is 2.63. The van der Waals surface area contributed by atoms with Gasteiger partial charge in [-0.05, 0) is 24.8 Å². The van der Waals surface area contributed by atoms with Gasteiger partial charge in [0.25, 0.3) is 5.56 Å². The van der Waals surface area contributed by atoms with Crippen molar-refractivity contribution < 1.29 is 13.2 Å². The summed E-state index contributed by atoms with van der Waals surface area (Å²) in [6.07, 6.45) is -0.188. The Balaban J connectivity index is 1.62. The Bertz CT molecular complexity index is 841. The summed E-state index contributed by atoms with van der Waals surface area (Å²) in [6, 6.07) is 2.44. The number of rotatable bonds is 4. The second-order valence-corrected chi connectivity index (χ2v) is 7.12. The zero-order valence-corrected chi connectivity index (χ0v) is 15.3. The highest BCUT2D eigenvalue weighted by atomic mass is 19.4. The van der Waals surface area contributed by atoms with Gasteiger partial charge in [0, 0.05) is 37.8 Å². The van der Waals surface area contributed by atoms with Gasteiger partial charge in [0.2, 0.25) is 0 Å². The predicted octanol–water partition coefficient (Wildman–Crippen LogP) is 3.09. The fraction of sp³-hybridized carbons (Fsp3) is 0.556. The zero-order chi connectivity index (χ0) is 19.6. The van der Waals surface area contributed by atoms with Gasteiger partial charge < -0.3 is 4.90 Å². The second kappa shape index (κ2) is 7.66. The van der Waals surface area contributed by atoms with Gasteiger partial charge in [0.15, 0.2) is 5.69 Å². The van der Waals surface area contributed by atoms with Gasteiger partial charge in [-0.2, -0.15) is 13.2 Å². The van der Waals surface area contributed by atoms with E-state index in [2.05, 4.69) is 19.9 Å². The van der Waals surface area contributed by atoms with Crippen LogP contribution in [0.3, 0.4) is 0 Å².